The summed E-state index contributed by atoms with van der Waals surface area (Å²) >= 11 is 6.13. The number of ether oxygens (including phenoxy) is 2. The van der Waals surface area contributed by atoms with Crippen molar-refractivity contribution in [3.63, 3.8) is 0 Å². The molecule has 1 heterocycles. The Hall–Kier alpha value is -3.32. The van der Waals surface area contributed by atoms with Crippen molar-refractivity contribution in [3.8, 4) is 5.75 Å². The summed E-state index contributed by atoms with van der Waals surface area (Å²) in [6.07, 6.45) is 3.12. The molecule has 0 saturated carbocycles. The quantitative estimate of drug-likeness (QED) is 0.381. The number of nitrogens with zero attached hydrogens (tertiary/aromatic N) is 2. The Labute approximate surface area is 192 Å². The molecule has 0 N–H and O–H groups in total. The molecule has 2 amide bonds. The van der Waals surface area contributed by atoms with Gasteiger partial charge in [-0.25, -0.2) is 4.79 Å². The third kappa shape index (κ3) is 6.34. The zero-order valence-corrected chi connectivity index (χ0v) is 18.6. The third-order valence-electron chi connectivity index (χ3n) is 4.97. The average Bonchev–Trinajstić information content (AvgIpc) is 3.05. The molecule has 0 aromatic heterocycles. The molecule has 168 valence electrons. The van der Waals surface area contributed by atoms with Crippen molar-refractivity contribution in [1.82, 2.24) is 9.80 Å². The summed E-state index contributed by atoms with van der Waals surface area (Å²) in [6.45, 7) is 3.92. The van der Waals surface area contributed by atoms with E-state index in [1.807, 2.05) is 18.2 Å². The summed E-state index contributed by atoms with van der Waals surface area (Å²) in [5.74, 6) is 0.0613. The number of amides is 2. The van der Waals surface area contributed by atoms with Gasteiger partial charge < -0.3 is 19.3 Å². The highest BCUT2D eigenvalue weighted by Crippen LogP contribution is 2.18. The number of hydrogen-bond acceptors (Lipinski definition) is 5. The standard InChI is InChI=1S/C24H25ClN2O5/c1-2-31-24(30)32-20-11-8-19(9-12-20)23(29)27-15-5-14-26(16-17-27)22(28)13-10-18-6-3-4-7-21(18)25/h3-4,6-13H,2,5,14-17H2,1H3/b13-10+. The number of rotatable bonds is 5. The fraction of sp³-hybridized carbons (Fsp3) is 0.292. The maximum atomic E-state index is 12.9. The van der Waals surface area contributed by atoms with Crippen LogP contribution in [0.4, 0.5) is 4.79 Å². The number of halogens is 1. The molecule has 7 nitrogen and oxygen atoms in total. The zero-order valence-electron chi connectivity index (χ0n) is 17.8. The Morgan fingerprint density at radius 1 is 0.969 bits per heavy atom. The predicted octanol–water partition coefficient (Wildman–Crippen LogP) is 4.26. The van der Waals surface area contributed by atoms with E-state index in [0.29, 0.717) is 48.9 Å². The van der Waals surface area contributed by atoms with Gasteiger partial charge in [-0.2, -0.15) is 0 Å². The zero-order chi connectivity index (χ0) is 22.9. The van der Waals surface area contributed by atoms with Gasteiger partial charge in [0.1, 0.15) is 5.75 Å². The summed E-state index contributed by atoms with van der Waals surface area (Å²) < 4.78 is 9.74. The maximum Gasteiger partial charge on any atom is 0.513 e. The smallest absolute Gasteiger partial charge is 0.434 e. The lowest BCUT2D eigenvalue weighted by Gasteiger charge is -2.21. The molecular weight excluding hydrogens is 432 g/mol. The van der Waals surface area contributed by atoms with Crippen molar-refractivity contribution >= 4 is 35.6 Å². The first kappa shape index (κ1) is 23.3. The Morgan fingerprint density at radius 3 is 2.38 bits per heavy atom. The Morgan fingerprint density at radius 2 is 1.66 bits per heavy atom. The van der Waals surface area contributed by atoms with E-state index in [-0.39, 0.29) is 18.4 Å². The van der Waals surface area contributed by atoms with Gasteiger partial charge in [0.05, 0.1) is 6.61 Å². The minimum atomic E-state index is -0.785. The highest BCUT2D eigenvalue weighted by molar-refractivity contribution is 6.32. The third-order valence-corrected chi connectivity index (χ3v) is 5.31. The average molecular weight is 457 g/mol. The lowest BCUT2D eigenvalue weighted by molar-refractivity contribution is -0.125. The van der Waals surface area contributed by atoms with Crippen LogP contribution in [0.25, 0.3) is 6.08 Å². The van der Waals surface area contributed by atoms with E-state index in [1.54, 1.807) is 53.1 Å². The molecule has 0 aliphatic carbocycles. The second kappa shape index (κ2) is 11.3. The van der Waals surface area contributed by atoms with Gasteiger partial charge in [0.15, 0.2) is 0 Å². The van der Waals surface area contributed by atoms with Gasteiger partial charge in [-0.3, -0.25) is 9.59 Å². The fourth-order valence-electron chi connectivity index (χ4n) is 3.31. The minimum absolute atomic E-state index is 0.111. The van der Waals surface area contributed by atoms with E-state index < -0.39 is 6.16 Å². The van der Waals surface area contributed by atoms with Crippen molar-refractivity contribution in [2.24, 2.45) is 0 Å². The highest BCUT2D eigenvalue weighted by atomic mass is 35.5. The Bertz CT molecular complexity index is 990. The molecule has 0 radical (unpaired) electrons. The molecule has 0 unspecified atom stereocenters. The van der Waals surface area contributed by atoms with Gasteiger partial charge in [-0.1, -0.05) is 29.8 Å². The molecule has 32 heavy (non-hydrogen) atoms. The van der Waals surface area contributed by atoms with Crippen LogP contribution in [0.1, 0.15) is 29.3 Å². The number of carbonyl (C=O) groups excluding carboxylic acids is 3. The van der Waals surface area contributed by atoms with Crippen LogP contribution in [0.3, 0.4) is 0 Å². The van der Waals surface area contributed by atoms with Gasteiger partial charge in [-0.15, -0.1) is 0 Å². The van der Waals surface area contributed by atoms with Crippen molar-refractivity contribution in [2.45, 2.75) is 13.3 Å². The van der Waals surface area contributed by atoms with Gasteiger partial charge in [0, 0.05) is 42.8 Å². The van der Waals surface area contributed by atoms with Crippen LogP contribution in [0.5, 0.6) is 5.75 Å². The van der Waals surface area contributed by atoms with Crippen LogP contribution in [0.15, 0.2) is 54.6 Å². The van der Waals surface area contributed by atoms with E-state index in [1.165, 1.54) is 6.08 Å². The summed E-state index contributed by atoms with van der Waals surface area (Å²) in [7, 11) is 0. The second-order valence-corrected chi connectivity index (χ2v) is 7.54. The van der Waals surface area contributed by atoms with Crippen LogP contribution in [0.2, 0.25) is 5.02 Å². The first-order valence-corrected chi connectivity index (χ1v) is 10.8. The largest absolute Gasteiger partial charge is 0.513 e. The van der Waals surface area contributed by atoms with Crippen LogP contribution >= 0.6 is 11.6 Å². The van der Waals surface area contributed by atoms with Crippen LogP contribution in [-0.4, -0.2) is 60.6 Å². The van der Waals surface area contributed by atoms with E-state index >= 15 is 0 Å². The molecule has 1 aliphatic heterocycles. The maximum absolute atomic E-state index is 12.9. The molecule has 2 aromatic carbocycles. The van der Waals surface area contributed by atoms with Crippen LogP contribution < -0.4 is 4.74 Å². The molecule has 1 aliphatic rings. The number of carbonyl (C=O) groups is 3. The van der Waals surface area contributed by atoms with Gasteiger partial charge >= 0.3 is 6.16 Å². The molecule has 0 bridgehead atoms. The molecule has 2 aromatic rings. The molecule has 0 atom stereocenters. The fourth-order valence-corrected chi connectivity index (χ4v) is 3.51. The van der Waals surface area contributed by atoms with E-state index in [9.17, 15) is 14.4 Å². The Kier molecular flexibility index (Phi) is 8.27. The van der Waals surface area contributed by atoms with Crippen molar-refractivity contribution < 1.29 is 23.9 Å². The number of benzene rings is 2. The van der Waals surface area contributed by atoms with Gasteiger partial charge in [-0.05, 0) is 55.3 Å². The normalized spacial score (nSPS) is 14.2. The summed E-state index contributed by atoms with van der Waals surface area (Å²) in [5.41, 5.74) is 1.27. The Balaban J connectivity index is 1.56. The van der Waals surface area contributed by atoms with E-state index in [0.717, 1.165) is 5.56 Å². The lowest BCUT2D eigenvalue weighted by atomic mass is 10.2. The van der Waals surface area contributed by atoms with E-state index in [2.05, 4.69) is 0 Å². The van der Waals surface area contributed by atoms with Crippen LogP contribution in [-0.2, 0) is 9.53 Å². The molecule has 8 heteroatoms. The predicted molar refractivity (Wildman–Crippen MR) is 122 cm³/mol. The molecule has 1 saturated heterocycles. The number of hydrogen-bond donors (Lipinski definition) is 0. The van der Waals surface area contributed by atoms with Crippen molar-refractivity contribution in [2.75, 3.05) is 32.8 Å². The molecular formula is C24H25ClN2O5. The monoisotopic (exact) mass is 456 g/mol. The summed E-state index contributed by atoms with van der Waals surface area (Å²) in [5, 5.41) is 0.586. The molecule has 3 rings (SSSR count). The van der Waals surface area contributed by atoms with Crippen molar-refractivity contribution in [3.05, 3.63) is 70.8 Å². The lowest BCUT2D eigenvalue weighted by Crippen LogP contribution is -2.36. The minimum Gasteiger partial charge on any atom is -0.434 e. The first-order valence-electron chi connectivity index (χ1n) is 10.4. The van der Waals surface area contributed by atoms with E-state index in [4.69, 9.17) is 21.1 Å². The molecule has 1 fully saturated rings. The molecule has 0 spiro atoms. The SMILES string of the molecule is CCOC(=O)Oc1ccc(C(=O)N2CCCN(C(=O)/C=C/c3ccccc3Cl)CC2)cc1. The summed E-state index contributed by atoms with van der Waals surface area (Å²) in [4.78, 5) is 40.3. The van der Waals surface area contributed by atoms with Crippen LogP contribution in [0, 0.1) is 0 Å². The summed E-state index contributed by atoms with van der Waals surface area (Å²) in [6, 6.07) is 13.6. The highest BCUT2D eigenvalue weighted by Gasteiger charge is 2.22. The topological polar surface area (TPSA) is 76.2 Å². The van der Waals surface area contributed by atoms with Crippen molar-refractivity contribution in [1.29, 1.82) is 0 Å². The first-order chi connectivity index (χ1) is 15.5. The second-order valence-electron chi connectivity index (χ2n) is 7.14. The van der Waals surface area contributed by atoms with Gasteiger partial charge in [0.2, 0.25) is 5.91 Å². The van der Waals surface area contributed by atoms with Gasteiger partial charge in [0.25, 0.3) is 5.91 Å².